The van der Waals surface area contributed by atoms with Crippen molar-refractivity contribution in [1.29, 1.82) is 0 Å². The first-order chi connectivity index (χ1) is 14.3. The topological polar surface area (TPSA) is 84.2 Å². The Labute approximate surface area is 169 Å². The number of hydrogen-bond acceptors (Lipinski definition) is 4. The number of amides is 1. The molecule has 9 heteroatoms. The summed E-state index contributed by atoms with van der Waals surface area (Å²) >= 11 is 0. The van der Waals surface area contributed by atoms with Crippen LogP contribution in [0.5, 0.6) is 0 Å². The fraction of sp³-hybridized carbons (Fsp3) is 0.190. The highest BCUT2D eigenvalue weighted by atomic mass is 19.1. The average molecular weight is 417 g/mol. The highest BCUT2D eigenvalue weighted by Crippen LogP contribution is 2.19. The monoisotopic (exact) mass is 417 g/mol. The van der Waals surface area contributed by atoms with E-state index in [0.717, 1.165) is 22.8 Å². The normalized spacial score (nSPS) is 10.8. The lowest BCUT2D eigenvalue weighted by atomic mass is 10.1. The van der Waals surface area contributed by atoms with Gasteiger partial charge < -0.3 is 10.4 Å². The predicted molar refractivity (Wildman–Crippen MR) is 104 cm³/mol. The van der Waals surface area contributed by atoms with E-state index in [1.165, 1.54) is 24.3 Å². The molecule has 1 amide bonds. The molecule has 2 N–H and O–H groups in total. The molecule has 0 saturated heterocycles. The quantitative estimate of drug-likeness (QED) is 0.646. The van der Waals surface area contributed by atoms with Crippen molar-refractivity contribution in [3.8, 4) is 11.4 Å². The second-order valence-electron chi connectivity index (χ2n) is 6.54. The number of hydrogen-bond donors (Lipinski definition) is 2. The summed E-state index contributed by atoms with van der Waals surface area (Å²) < 4.78 is 41.5. The van der Waals surface area contributed by atoms with Crippen LogP contribution in [0.2, 0.25) is 0 Å². The molecule has 3 aromatic rings. The van der Waals surface area contributed by atoms with E-state index in [-0.39, 0.29) is 30.1 Å². The maximum atomic E-state index is 13.8. The molecule has 0 unspecified atom stereocenters. The summed E-state index contributed by atoms with van der Waals surface area (Å²) in [5, 5.41) is 11.5. The second-order valence-corrected chi connectivity index (χ2v) is 6.54. The lowest BCUT2D eigenvalue weighted by Gasteiger charge is -2.16. The van der Waals surface area contributed by atoms with E-state index in [0.29, 0.717) is 11.3 Å². The van der Waals surface area contributed by atoms with Crippen molar-refractivity contribution in [2.24, 2.45) is 0 Å². The van der Waals surface area contributed by atoms with Gasteiger partial charge in [-0.2, -0.15) is 0 Å². The fourth-order valence-electron chi connectivity index (χ4n) is 2.99. The molecule has 0 fully saturated rings. The molecular formula is C21H18F3N3O3. The molecule has 0 bridgehead atoms. The SMILES string of the molecule is Cc1nc(-c2ccc(F)cc2)n(CC(=O)Nc2cc(F)ccc2F)c(=O)c1CCO. The zero-order valence-corrected chi connectivity index (χ0v) is 16.0. The third kappa shape index (κ3) is 4.57. The largest absolute Gasteiger partial charge is 0.396 e. The number of nitrogens with one attached hydrogen (secondary N) is 1. The fourth-order valence-corrected chi connectivity index (χ4v) is 2.99. The number of anilines is 1. The van der Waals surface area contributed by atoms with Crippen LogP contribution in [0.15, 0.2) is 47.3 Å². The van der Waals surface area contributed by atoms with Gasteiger partial charge in [0.2, 0.25) is 5.91 Å². The molecule has 0 spiro atoms. The molecule has 0 aliphatic rings. The van der Waals surface area contributed by atoms with Crippen molar-refractivity contribution in [3.63, 3.8) is 0 Å². The number of carbonyl (C=O) groups excluding carboxylic acids is 1. The van der Waals surface area contributed by atoms with Crippen LogP contribution in [0.1, 0.15) is 11.3 Å². The first-order valence-corrected chi connectivity index (χ1v) is 9.02. The Morgan fingerprint density at radius 1 is 1.10 bits per heavy atom. The van der Waals surface area contributed by atoms with E-state index in [1.54, 1.807) is 6.92 Å². The van der Waals surface area contributed by atoms with Gasteiger partial charge in [-0.25, -0.2) is 18.2 Å². The maximum absolute atomic E-state index is 13.8. The van der Waals surface area contributed by atoms with Crippen LogP contribution < -0.4 is 10.9 Å². The van der Waals surface area contributed by atoms with Crippen LogP contribution in [0.4, 0.5) is 18.9 Å². The summed E-state index contributed by atoms with van der Waals surface area (Å²) in [5.41, 5.74) is 0.0314. The number of halogens is 3. The number of rotatable bonds is 6. The Morgan fingerprint density at radius 2 is 1.77 bits per heavy atom. The molecule has 2 aromatic carbocycles. The summed E-state index contributed by atoms with van der Waals surface area (Å²) in [6, 6.07) is 7.78. The van der Waals surface area contributed by atoms with Crippen molar-refractivity contribution < 1.29 is 23.1 Å². The summed E-state index contributed by atoms with van der Waals surface area (Å²) in [6.45, 7) is 0.744. The number of aromatic nitrogens is 2. The zero-order chi connectivity index (χ0) is 21.8. The lowest BCUT2D eigenvalue weighted by Crippen LogP contribution is -2.33. The summed E-state index contributed by atoms with van der Waals surface area (Å²) in [7, 11) is 0. The standard InChI is InChI=1S/C21H18F3N3O3/c1-12-16(8-9-28)21(30)27(20(25-12)13-2-4-14(22)5-3-13)11-19(29)26-18-10-15(23)6-7-17(18)24/h2-7,10,28H,8-9,11H2,1H3,(H,26,29). The van der Waals surface area contributed by atoms with Gasteiger partial charge in [0.1, 0.15) is 29.8 Å². The molecule has 6 nitrogen and oxygen atoms in total. The van der Waals surface area contributed by atoms with Crippen molar-refractivity contribution in [3.05, 3.63) is 81.5 Å². The predicted octanol–water partition coefficient (Wildman–Crippen LogP) is 2.81. The van der Waals surface area contributed by atoms with Crippen LogP contribution in [-0.4, -0.2) is 27.2 Å². The minimum absolute atomic E-state index is 0.0293. The molecule has 1 aromatic heterocycles. The van der Waals surface area contributed by atoms with Crippen LogP contribution in [-0.2, 0) is 17.8 Å². The number of aliphatic hydroxyl groups is 1. The minimum Gasteiger partial charge on any atom is -0.396 e. The maximum Gasteiger partial charge on any atom is 0.257 e. The zero-order valence-electron chi connectivity index (χ0n) is 16.0. The second kappa shape index (κ2) is 8.91. The lowest BCUT2D eigenvalue weighted by molar-refractivity contribution is -0.116. The van der Waals surface area contributed by atoms with Crippen LogP contribution in [0, 0.1) is 24.4 Å². The van der Waals surface area contributed by atoms with Gasteiger partial charge in [0, 0.05) is 35.9 Å². The van der Waals surface area contributed by atoms with E-state index in [1.807, 2.05) is 0 Å². The molecule has 0 aliphatic carbocycles. The summed E-state index contributed by atoms with van der Waals surface area (Å²) in [4.78, 5) is 29.8. The van der Waals surface area contributed by atoms with Gasteiger partial charge in [0.05, 0.1) is 5.69 Å². The molecule has 156 valence electrons. The van der Waals surface area contributed by atoms with Gasteiger partial charge >= 0.3 is 0 Å². The Morgan fingerprint density at radius 3 is 2.43 bits per heavy atom. The molecule has 1 heterocycles. The third-order valence-corrected chi connectivity index (χ3v) is 4.44. The third-order valence-electron chi connectivity index (χ3n) is 4.44. The smallest absolute Gasteiger partial charge is 0.257 e. The Hall–Kier alpha value is -3.46. The molecule has 0 saturated carbocycles. The van der Waals surface area contributed by atoms with E-state index < -0.39 is 35.5 Å². The van der Waals surface area contributed by atoms with Gasteiger partial charge in [0.25, 0.3) is 5.56 Å². The van der Waals surface area contributed by atoms with Crippen molar-refractivity contribution >= 4 is 11.6 Å². The van der Waals surface area contributed by atoms with E-state index in [9.17, 15) is 27.9 Å². The number of carbonyl (C=O) groups is 1. The van der Waals surface area contributed by atoms with Crippen molar-refractivity contribution in [1.82, 2.24) is 9.55 Å². The van der Waals surface area contributed by atoms with Crippen LogP contribution >= 0.6 is 0 Å². The molecule has 0 radical (unpaired) electrons. The number of aliphatic hydroxyl groups excluding tert-OH is 1. The molecule has 0 atom stereocenters. The first-order valence-electron chi connectivity index (χ1n) is 9.02. The minimum atomic E-state index is -0.834. The van der Waals surface area contributed by atoms with E-state index in [2.05, 4.69) is 10.3 Å². The highest BCUT2D eigenvalue weighted by Gasteiger charge is 2.18. The Balaban J connectivity index is 2.03. The number of benzene rings is 2. The number of nitrogens with zero attached hydrogens (tertiary/aromatic N) is 2. The van der Waals surface area contributed by atoms with E-state index in [4.69, 9.17) is 0 Å². The first kappa shape index (κ1) is 21.3. The Kier molecular flexibility index (Phi) is 6.31. The molecule has 0 aliphatic heterocycles. The highest BCUT2D eigenvalue weighted by molar-refractivity contribution is 5.91. The summed E-state index contributed by atoms with van der Waals surface area (Å²) in [5.74, 6) is -2.74. The van der Waals surface area contributed by atoms with Gasteiger partial charge in [-0.15, -0.1) is 0 Å². The van der Waals surface area contributed by atoms with Crippen molar-refractivity contribution in [2.75, 3.05) is 11.9 Å². The van der Waals surface area contributed by atoms with Crippen molar-refractivity contribution in [2.45, 2.75) is 19.9 Å². The molecular weight excluding hydrogens is 399 g/mol. The summed E-state index contributed by atoms with van der Waals surface area (Å²) in [6.07, 6.45) is 0.0293. The van der Waals surface area contributed by atoms with E-state index >= 15 is 0 Å². The molecule has 3 rings (SSSR count). The Bertz CT molecular complexity index is 1140. The van der Waals surface area contributed by atoms with Crippen LogP contribution in [0.25, 0.3) is 11.4 Å². The number of aryl methyl sites for hydroxylation is 1. The molecule has 30 heavy (non-hydrogen) atoms. The van der Waals surface area contributed by atoms with Gasteiger partial charge in [-0.05, 0) is 43.3 Å². The van der Waals surface area contributed by atoms with Gasteiger partial charge in [-0.3, -0.25) is 14.2 Å². The van der Waals surface area contributed by atoms with Gasteiger partial charge in [-0.1, -0.05) is 0 Å². The average Bonchev–Trinajstić information content (AvgIpc) is 2.70. The van der Waals surface area contributed by atoms with Gasteiger partial charge in [0.15, 0.2) is 0 Å². The van der Waals surface area contributed by atoms with Crippen LogP contribution in [0.3, 0.4) is 0 Å².